The van der Waals surface area contributed by atoms with E-state index < -0.39 is 18.4 Å². The summed E-state index contributed by atoms with van der Waals surface area (Å²) in [6, 6.07) is 12.6. The normalized spacial score (nSPS) is 11.2. The molecule has 5 heteroatoms. The van der Waals surface area contributed by atoms with Crippen LogP contribution in [0.2, 0.25) is 0 Å². The zero-order valence-electron chi connectivity index (χ0n) is 14.1. The Kier molecular flexibility index (Phi) is 6.42. The molecular formula is C20H19FO3S. The van der Waals surface area contributed by atoms with Crippen molar-refractivity contribution >= 4 is 29.4 Å². The molecule has 1 N–H and O–H groups in total. The lowest BCUT2D eigenvalue weighted by Crippen LogP contribution is -2.10. The van der Waals surface area contributed by atoms with E-state index in [0.717, 1.165) is 16.0 Å². The van der Waals surface area contributed by atoms with Gasteiger partial charge in [0.1, 0.15) is 11.6 Å². The van der Waals surface area contributed by atoms with Crippen LogP contribution in [0.3, 0.4) is 0 Å². The summed E-state index contributed by atoms with van der Waals surface area (Å²) in [5, 5.41) is 8.65. The first-order valence-electron chi connectivity index (χ1n) is 7.57. The summed E-state index contributed by atoms with van der Waals surface area (Å²) < 4.78 is 19.6. The summed E-state index contributed by atoms with van der Waals surface area (Å²) in [7, 11) is 0. The molecule has 0 spiro atoms. The van der Waals surface area contributed by atoms with Crippen molar-refractivity contribution in [2.45, 2.75) is 11.8 Å². The molecule has 0 fully saturated rings. The van der Waals surface area contributed by atoms with E-state index in [0.29, 0.717) is 16.9 Å². The van der Waals surface area contributed by atoms with E-state index in [1.165, 1.54) is 6.08 Å². The molecular weight excluding hydrogens is 339 g/mol. The van der Waals surface area contributed by atoms with E-state index >= 15 is 0 Å². The van der Waals surface area contributed by atoms with E-state index in [2.05, 4.69) is 6.58 Å². The third-order valence-electron chi connectivity index (χ3n) is 3.57. The van der Waals surface area contributed by atoms with Gasteiger partial charge in [-0.05, 0) is 60.2 Å². The number of rotatable bonds is 7. The van der Waals surface area contributed by atoms with E-state index in [4.69, 9.17) is 9.84 Å². The second-order valence-corrected chi connectivity index (χ2v) is 6.29. The lowest BCUT2D eigenvalue weighted by molar-refractivity contribution is -0.139. The van der Waals surface area contributed by atoms with Crippen molar-refractivity contribution in [3.63, 3.8) is 0 Å². The monoisotopic (exact) mass is 358 g/mol. The van der Waals surface area contributed by atoms with Gasteiger partial charge in [-0.3, -0.25) is 0 Å². The number of aryl methyl sites for hydroxylation is 1. The predicted octanol–water partition coefficient (Wildman–Crippen LogP) is 5.20. The van der Waals surface area contributed by atoms with E-state index in [1.807, 2.05) is 30.5 Å². The maximum Gasteiger partial charge on any atom is 0.341 e. The van der Waals surface area contributed by atoms with Crippen LogP contribution in [-0.4, -0.2) is 23.9 Å². The van der Waals surface area contributed by atoms with Gasteiger partial charge in [0.05, 0.1) is 0 Å². The van der Waals surface area contributed by atoms with Crippen LogP contribution in [0.15, 0.2) is 59.8 Å². The Balaban J connectivity index is 2.16. The van der Waals surface area contributed by atoms with Crippen LogP contribution in [0, 0.1) is 6.92 Å². The fourth-order valence-electron chi connectivity index (χ4n) is 2.23. The molecule has 0 heterocycles. The summed E-state index contributed by atoms with van der Waals surface area (Å²) in [5.74, 6) is -1.000. The van der Waals surface area contributed by atoms with E-state index in [-0.39, 0.29) is 0 Å². The van der Waals surface area contributed by atoms with Crippen molar-refractivity contribution < 1.29 is 19.0 Å². The average Bonchev–Trinajstić information content (AvgIpc) is 2.60. The number of hydrogen-bond acceptors (Lipinski definition) is 3. The highest BCUT2D eigenvalue weighted by molar-refractivity contribution is 7.98. The molecule has 0 amide bonds. The minimum Gasteiger partial charge on any atom is -0.482 e. The average molecular weight is 358 g/mol. The second kappa shape index (κ2) is 8.53. The third kappa shape index (κ3) is 5.22. The summed E-state index contributed by atoms with van der Waals surface area (Å²) >= 11 is 1.62. The molecule has 0 radical (unpaired) electrons. The number of hydrogen-bond donors (Lipinski definition) is 1. The van der Waals surface area contributed by atoms with Gasteiger partial charge in [-0.25, -0.2) is 9.18 Å². The van der Waals surface area contributed by atoms with Crippen LogP contribution in [0.4, 0.5) is 4.39 Å². The van der Waals surface area contributed by atoms with Gasteiger partial charge in [0.2, 0.25) is 0 Å². The molecule has 0 unspecified atom stereocenters. The summed E-state index contributed by atoms with van der Waals surface area (Å²) in [6.07, 6.45) is 3.38. The van der Waals surface area contributed by atoms with Crippen LogP contribution in [0.25, 0.3) is 11.6 Å². The largest absolute Gasteiger partial charge is 0.482 e. The minimum absolute atomic E-state index is 0.316. The van der Waals surface area contributed by atoms with Crippen molar-refractivity contribution in [1.29, 1.82) is 0 Å². The van der Waals surface area contributed by atoms with Crippen molar-refractivity contribution in [2.24, 2.45) is 0 Å². The first kappa shape index (κ1) is 18.8. The number of halogens is 1. The number of carboxylic acids is 1. The fourth-order valence-corrected chi connectivity index (χ4v) is 2.64. The Labute approximate surface area is 150 Å². The number of ether oxygens (including phenoxy) is 1. The third-order valence-corrected chi connectivity index (χ3v) is 4.31. The molecule has 130 valence electrons. The Bertz CT molecular complexity index is 810. The molecule has 0 aromatic heterocycles. The van der Waals surface area contributed by atoms with E-state index in [9.17, 15) is 9.18 Å². The Morgan fingerprint density at radius 1 is 1.28 bits per heavy atom. The maximum atomic E-state index is 14.5. The van der Waals surface area contributed by atoms with Gasteiger partial charge in [0, 0.05) is 10.5 Å². The van der Waals surface area contributed by atoms with Gasteiger partial charge in [0.25, 0.3) is 0 Å². The molecule has 0 aliphatic rings. The van der Waals surface area contributed by atoms with Crippen LogP contribution in [0.5, 0.6) is 5.75 Å². The summed E-state index contributed by atoms with van der Waals surface area (Å²) in [4.78, 5) is 11.7. The van der Waals surface area contributed by atoms with Crippen LogP contribution < -0.4 is 4.74 Å². The quantitative estimate of drug-likeness (QED) is 0.545. The van der Waals surface area contributed by atoms with Crippen LogP contribution >= 0.6 is 11.8 Å². The molecule has 25 heavy (non-hydrogen) atoms. The molecule has 2 rings (SSSR count). The molecule has 2 aromatic carbocycles. The molecule has 0 saturated heterocycles. The smallest absolute Gasteiger partial charge is 0.341 e. The van der Waals surface area contributed by atoms with Gasteiger partial charge in [0.15, 0.2) is 6.61 Å². The molecule has 0 atom stereocenters. The first-order chi connectivity index (χ1) is 11.9. The SMILES string of the molecule is C=C(/C(F)=C/c1ccc(OCC(=O)O)c(C)c1)c1ccc(SC)cc1. The Morgan fingerprint density at radius 3 is 2.52 bits per heavy atom. The van der Waals surface area contributed by atoms with Crippen molar-refractivity contribution in [3.05, 3.63) is 71.6 Å². The van der Waals surface area contributed by atoms with Crippen LogP contribution in [-0.2, 0) is 4.79 Å². The molecule has 0 aliphatic carbocycles. The number of thioether (sulfide) groups is 1. The number of aliphatic carboxylic acids is 1. The van der Waals surface area contributed by atoms with Gasteiger partial charge in [-0.15, -0.1) is 11.8 Å². The highest BCUT2D eigenvalue weighted by Gasteiger charge is 2.07. The number of carboxylic acid groups (broad SMARTS) is 1. The van der Waals surface area contributed by atoms with Gasteiger partial charge in [-0.1, -0.05) is 24.8 Å². The zero-order chi connectivity index (χ0) is 18.4. The summed E-state index contributed by atoms with van der Waals surface area (Å²) in [5.41, 5.74) is 2.43. The van der Waals surface area contributed by atoms with E-state index in [1.54, 1.807) is 36.9 Å². The fraction of sp³-hybridized carbons (Fsp3) is 0.150. The minimum atomic E-state index is -1.04. The topological polar surface area (TPSA) is 46.5 Å². The van der Waals surface area contributed by atoms with Crippen LogP contribution in [0.1, 0.15) is 16.7 Å². The number of allylic oxidation sites excluding steroid dienone is 2. The molecule has 0 bridgehead atoms. The lowest BCUT2D eigenvalue weighted by atomic mass is 10.0. The predicted molar refractivity (Wildman–Crippen MR) is 101 cm³/mol. The van der Waals surface area contributed by atoms with Crippen molar-refractivity contribution in [2.75, 3.05) is 12.9 Å². The maximum absolute atomic E-state index is 14.5. The second-order valence-electron chi connectivity index (χ2n) is 5.41. The Hall–Kier alpha value is -2.53. The number of carbonyl (C=O) groups is 1. The molecule has 0 aliphatic heterocycles. The zero-order valence-corrected chi connectivity index (χ0v) is 14.9. The molecule has 2 aromatic rings. The summed E-state index contributed by atoms with van der Waals surface area (Å²) in [6.45, 7) is 5.20. The standard InChI is InChI=1S/C20H19FO3S/c1-13-10-15(4-9-19(13)24-12-20(22)23)11-18(21)14(2)16-5-7-17(25-3)8-6-16/h4-11H,2,12H2,1,3H3,(H,22,23)/b18-11-. The highest BCUT2D eigenvalue weighted by atomic mass is 32.2. The van der Waals surface area contributed by atoms with Crippen molar-refractivity contribution in [3.8, 4) is 5.75 Å². The highest BCUT2D eigenvalue weighted by Crippen LogP contribution is 2.27. The van der Waals surface area contributed by atoms with Gasteiger partial charge in [-0.2, -0.15) is 0 Å². The Morgan fingerprint density at radius 2 is 1.96 bits per heavy atom. The molecule has 3 nitrogen and oxygen atoms in total. The van der Waals surface area contributed by atoms with Crippen molar-refractivity contribution in [1.82, 2.24) is 0 Å². The molecule has 0 saturated carbocycles. The lowest BCUT2D eigenvalue weighted by Gasteiger charge is -2.08. The number of benzene rings is 2. The van der Waals surface area contributed by atoms with Gasteiger partial charge < -0.3 is 9.84 Å². The first-order valence-corrected chi connectivity index (χ1v) is 8.79. The van der Waals surface area contributed by atoms with Gasteiger partial charge >= 0.3 is 5.97 Å².